The molecule has 4 saturated heterocycles. The van der Waals surface area contributed by atoms with Crippen molar-refractivity contribution in [2.45, 2.75) is 51.9 Å². The van der Waals surface area contributed by atoms with Gasteiger partial charge < -0.3 is 19.9 Å². The van der Waals surface area contributed by atoms with Crippen molar-refractivity contribution in [1.29, 1.82) is 0 Å². The highest BCUT2D eigenvalue weighted by Crippen LogP contribution is 2.47. The fourth-order valence-electron chi connectivity index (χ4n) is 5.41. The molecular weight excluding hydrogens is 326 g/mol. The Hall–Kier alpha value is -0.850. The molecule has 5 atom stereocenters. The Morgan fingerprint density at radius 1 is 1.08 bits per heavy atom. The minimum atomic E-state index is 0.518. The summed E-state index contributed by atoms with van der Waals surface area (Å²) in [7, 11) is 0. The third kappa shape index (κ3) is 3.60. The zero-order valence-electron chi connectivity index (χ0n) is 16.9. The predicted octanol–water partition coefficient (Wildman–Crippen LogP) is 1.09. The molecule has 4 rings (SSSR count). The zero-order chi connectivity index (χ0) is 18.1. The van der Waals surface area contributed by atoms with Gasteiger partial charge in [-0.25, -0.2) is 0 Å². The molecule has 4 aliphatic rings. The number of hydrogen-bond donors (Lipinski definition) is 1. The summed E-state index contributed by atoms with van der Waals surface area (Å²) in [6.45, 7) is 16.8. The molecule has 5 unspecified atom stereocenters. The Balaban J connectivity index is 1.33. The van der Waals surface area contributed by atoms with Crippen LogP contribution >= 0.6 is 0 Å². The number of hydrogen-bond acceptors (Lipinski definition) is 4. The molecule has 6 nitrogen and oxygen atoms in total. The summed E-state index contributed by atoms with van der Waals surface area (Å²) in [5.41, 5.74) is 0. The molecule has 4 fully saturated rings. The van der Waals surface area contributed by atoms with Gasteiger partial charge in [-0.2, -0.15) is 0 Å². The first-order valence-electron chi connectivity index (χ1n) is 10.8. The number of nitrogens with zero attached hydrogens (tertiary/aromatic N) is 4. The van der Waals surface area contributed by atoms with Gasteiger partial charge in [0.2, 0.25) is 0 Å². The molecule has 0 saturated carbocycles. The molecular formula is C20H37N5O. The van der Waals surface area contributed by atoms with Crippen LogP contribution in [-0.2, 0) is 4.74 Å². The number of guanidine groups is 1. The second-order valence-corrected chi connectivity index (χ2v) is 8.54. The Morgan fingerprint density at radius 2 is 1.73 bits per heavy atom. The minimum Gasteiger partial charge on any atom is -0.374 e. The molecule has 148 valence electrons. The summed E-state index contributed by atoms with van der Waals surface area (Å²) in [6, 6.07) is 0.518. The lowest BCUT2D eigenvalue weighted by atomic mass is 9.82. The molecule has 6 heteroatoms. The van der Waals surface area contributed by atoms with Crippen LogP contribution < -0.4 is 5.32 Å². The van der Waals surface area contributed by atoms with E-state index >= 15 is 0 Å². The first kappa shape index (κ1) is 18.5. The second-order valence-electron chi connectivity index (χ2n) is 8.54. The molecule has 1 N–H and O–H groups in total. The molecule has 0 aromatic heterocycles. The normalized spacial score (nSPS) is 36.6. The maximum Gasteiger partial charge on any atom is 0.193 e. The number of likely N-dealkylation sites (N-methyl/N-ethyl adjacent to an activating group) is 1. The van der Waals surface area contributed by atoms with E-state index in [2.05, 4.69) is 40.8 Å². The topological polar surface area (TPSA) is 43.3 Å². The van der Waals surface area contributed by atoms with E-state index in [9.17, 15) is 0 Å². The third-order valence-electron chi connectivity index (χ3n) is 7.07. The summed E-state index contributed by atoms with van der Waals surface area (Å²) in [5.74, 6) is 2.59. The van der Waals surface area contributed by atoms with Gasteiger partial charge in [0, 0.05) is 63.7 Å². The second kappa shape index (κ2) is 8.03. The van der Waals surface area contributed by atoms with Crippen molar-refractivity contribution in [2.24, 2.45) is 16.8 Å². The molecule has 0 aromatic rings. The van der Waals surface area contributed by atoms with Crippen LogP contribution in [0.5, 0.6) is 0 Å². The monoisotopic (exact) mass is 363 g/mol. The number of likely N-dealkylation sites (tertiary alicyclic amines) is 1. The van der Waals surface area contributed by atoms with Crippen LogP contribution in [0.3, 0.4) is 0 Å². The van der Waals surface area contributed by atoms with E-state index in [1.165, 1.54) is 45.6 Å². The van der Waals surface area contributed by atoms with E-state index < -0.39 is 0 Å². The van der Waals surface area contributed by atoms with Crippen LogP contribution in [0, 0.1) is 11.8 Å². The Bertz CT molecular complexity index is 486. The number of ether oxygens (including phenoxy) is 1. The van der Waals surface area contributed by atoms with E-state index in [-0.39, 0.29) is 0 Å². The van der Waals surface area contributed by atoms with Crippen molar-refractivity contribution in [1.82, 2.24) is 20.0 Å². The average Bonchev–Trinajstić information content (AvgIpc) is 3.38. The number of aliphatic imine (C=N–C) groups is 1. The molecule has 0 spiro atoms. The highest BCUT2D eigenvalue weighted by molar-refractivity contribution is 5.80. The van der Waals surface area contributed by atoms with Gasteiger partial charge in [0.05, 0.1) is 18.8 Å². The summed E-state index contributed by atoms with van der Waals surface area (Å²) >= 11 is 0. The maximum atomic E-state index is 6.13. The quantitative estimate of drug-likeness (QED) is 0.585. The number of nitrogens with one attached hydrogen (secondary N) is 1. The third-order valence-corrected chi connectivity index (χ3v) is 7.07. The largest absolute Gasteiger partial charge is 0.374 e. The molecule has 0 amide bonds. The van der Waals surface area contributed by atoms with Gasteiger partial charge in [0.15, 0.2) is 5.96 Å². The standard InChI is InChI=1S/C20H37N5O/c1-4-21-20(22-12-15(3)24-10-8-23(5-2)9-11-24)25-13-16-17(14-25)19-7-6-18(16)26-19/h15-19H,4-14H2,1-3H3,(H,21,22). The molecule has 0 radical (unpaired) electrons. The lowest BCUT2D eigenvalue weighted by molar-refractivity contribution is 0.0766. The van der Waals surface area contributed by atoms with E-state index in [4.69, 9.17) is 9.73 Å². The zero-order valence-corrected chi connectivity index (χ0v) is 16.9. The fraction of sp³-hybridized carbons (Fsp3) is 0.950. The van der Waals surface area contributed by atoms with Gasteiger partial charge in [0.25, 0.3) is 0 Å². The predicted molar refractivity (Wildman–Crippen MR) is 106 cm³/mol. The molecule has 0 aliphatic carbocycles. The average molecular weight is 364 g/mol. The number of fused-ring (bicyclic) bond motifs is 5. The maximum absolute atomic E-state index is 6.13. The van der Waals surface area contributed by atoms with Crippen LogP contribution in [-0.4, -0.2) is 97.8 Å². The summed E-state index contributed by atoms with van der Waals surface area (Å²) in [4.78, 5) is 12.7. The lowest BCUT2D eigenvalue weighted by Crippen LogP contribution is -2.50. The Kier molecular flexibility index (Phi) is 5.72. The minimum absolute atomic E-state index is 0.518. The first-order valence-corrected chi connectivity index (χ1v) is 10.8. The van der Waals surface area contributed by atoms with Crippen LogP contribution in [0.25, 0.3) is 0 Å². The lowest BCUT2D eigenvalue weighted by Gasteiger charge is -2.37. The van der Waals surface area contributed by atoms with Crippen LogP contribution in [0.4, 0.5) is 0 Å². The van der Waals surface area contributed by atoms with Crippen molar-refractivity contribution in [3.05, 3.63) is 0 Å². The van der Waals surface area contributed by atoms with E-state index in [0.29, 0.717) is 18.2 Å². The van der Waals surface area contributed by atoms with Crippen LogP contribution in [0.2, 0.25) is 0 Å². The summed E-state index contributed by atoms with van der Waals surface area (Å²) < 4.78 is 6.13. The van der Waals surface area contributed by atoms with Crippen LogP contribution in [0.15, 0.2) is 4.99 Å². The van der Waals surface area contributed by atoms with Crippen molar-refractivity contribution < 1.29 is 4.74 Å². The fourth-order valence-corrected chi connectivity index (χ4v) is 5.41. The van der Waals surface area contributed by atoms with Gasteiger partial charge in [0.1, 0.15) is 0 Å². The SMILES string of the molecule is CCNC(=NCC(C)N1CCN(CC)CC1)N1CC2C3CCC(O3)C2C1. The van der Waals surface area contributed by atoms with Gasteiger partial charge in [-0.15, -0.1) is 0 Å². The Labute approximate surface area is 158 Å². The van der Waals surface area contributed by atoms with E-state index in [0.717, 1.165) is 44.0 Å². The van der Waals surface area contributed by atoms with Gasteiger partial charge in [-0.1, -0.05) is 6.92 Å². The van der Waals surface area contributed by atoms with Crippen molar-refractivity contribution in [3.63, 3.8) is 0 Å². The molecule has 4 aliphatic heterocycles. The summed E-state index contributed by atoms with van der Waals surface area (Å²) in [6.07, 6.45) is 3.58. The number of piperazine rings is 1. The molecule has 0 aromatic carbocycles. The van der Waals surface area contributed by atoms with Gasteiger partial charge >= 0.3 is 0 Å². The molecule has 26 heavy (non-hydrogen) atoms. The highest BCUT2D eigenvalue weighted by atomic mass is 16.5. The van der Waals surface area contributed by atoms with E-state index in [1.807, 2.05) is 0 Å². The highest BCUT2D eigenvalue weighted by Gasteiger charge is 2.53. The van der Waals surface area contributed by atoms with E-state index in [1.54, 1.807) is 0 Å². The van der Waals surface area contributed by atoms with Crippen molar-refractivity contribution in [3.8, 4) is 0 Å². The van der Waals surface area contributed by atoms with Crippen molar-refractivity contribution >= 4 is 5.96 Å². The number of rotatable bonds is 5. The van der Waals surface area contributed by atoms with Gasteiger partial charge in [-0.05, 0) is 33.2 Å². The first-order chi connectivity index (χ1) is 12.7. The van der Waals surface area contributed by atoms with Gasteiger partial charge in [-0.3, -0.25) is 9.89 Å². The molecule has 2 bridgehead atoms. The van der Waals surface area contributed by atoms with Crippen LogP contribution in [0.1, 0.15) is 33.6 Å². The Morgan fingerprint density at radius 3 is 2.31 bits per heavy atom. The summed E-state index contributed by atoms with van der Waals surface area (Å²) in [5, 5.41) is 3.55. The van der Waals surface area contributed by atoms with Crippen molar-refractivity contribution in [2.75, 3.05) is 58.9 Å². The molecule has 4 heterocycles. The smallest absolute Gasteiger partial charge is 0.193 e.